The third kappa shape index (κ3) is 3.56. The normalized spacial score (nSPS) is 11.1. The van der Waals surface area contributed by atoms with E-state index < -0.39 is 25.5 Å². The van der Waals surface area contributed by atoms with Gasteiger partial charge in [-0.05, 0) is 17.7 Å². The second-order valence-electron chi connectivity index (χ2n) is 4.18. The van der Waals surface area contributed by atoms with Gasteiger partial charge in [-0.15, -0.1) is 0 Å². The summed E-state index contributed by atoms with van der Waals surface area (Å²) in [6.45, 7) is 0.0791. The van der Waals surface area contributed by atoms with E-state index in [4.69, 9.17) is 9.88 Å². The number of sulfonamides is 1. The molecule has 2 aromatic rings. The van der Waals surface area contributed by atoms with Crippen LogP contribution in [0.4, 0.5) is 5.69 Å². The number of hydrogen-bond donors (Lipinski definition) is 1. The molecule has 0 aromatic heterocycles. The van der Waals surface area contributed by atoms with Crippen molar-refractivity contribution in [2.75, 3.05) is 0 Å². The standard InChI is InChI=1S/C13H12N2O5S/c14-21(18,19)12-8-4-7-11(13(12)15(16)17)20-9-10-5-2-1-3-6-10/h1-8H,9H2,(H2,14,18,19). The third-order valence-corrected chi connectivity index (χ3v) is 3.63. The van der Waals surface area contributed by atoms with Gasteiger partial charge in [0.15, 0.2) is 10.6 Å². The second kappa shape index (κ2) is 5.90. The van der Waals surface area contributed by atoms with Crippen molar-refractivity contribution >= 4 is 15.7 Å². The average molecular weight is 308 g/mol. The molecule has 0 aliphatic carbocycles. The van der Waals surface area contributed by atoms with Gasteiger partial charge in [0.1, 0.15) is 6.61 Å². The summed E-state index contributed by atoms with van der Waals surface area (Å²) in [5.74, 6) is -0.143. The van der Waals surface area contributed by atoms with Crippen molar-refractivity contribution in [1.82, 2.24) is 0 Å². The minimum absolute atomic E-state index is 0.0791. The highest BCUT2D eigenvalue weighted by Crippen LogP contribution is 2.33. The van der Waals surface area contributed by atoms with Crippen LogP contribution < -0.4 is 9.88 Å². The molecule has 0 aliphatic rings. The summed E-state index contributed by atoms with van der Waals surface area (Å²) in [4.78, 5) is 9.72. The first-order valence-corrected chi connectivity index (χ1v) is 7.41. The first-order valence-electron chi connectivity index (χ1n) is 5.86. The summed E-state index contributed by atoms with van der Waals surface area (Å²) in [5, 5.41) is 16.1. The molecule has 0 saturated carbocycles. The number of nitrogens with two attached hydrogens (primary N) is 1. The van der Waals surface area contributed by atoms with Gasteiger partial charge in [-0.1, -0.05) is 36.4 Å². The average Bonchev–Trinajstić information content (AvgIpc) is 2.44. The number of hydrogen-bond acceptors (Lipinski definition) is 5. The summed E-state index contributed by atoms with van der Waals surface area (Å²) >= 11 is 0. The molecular formula is C13H12N2O5S. The SMILES string of the molecule is NS(=O)(=O)c1cccc(OCc2ccccc2)c1[N+](=O)[O-]. The number of nitro groups is 1. The molecule has 8 heteroatoms. The number of nitrogens with zero attached hydrogens (tertiary/aromatic N) is 1. The molecule has 0 atom stereocenters. The molecule has 0 saturated heterocycles. The van der Waals surface area contributed by atoms with E-state index in [1.807, 2.05) is 6.07 Å². The van der Waals surface area contributed by atoms with E-state index in [2.05, 4.69) is 0 Å². The Kier molecular flexibility index (Phi) is 4.20. The van der Waals surface area contributed by atoms with E-state index in [0.717, 1.165) is 11.6 Å². The zero-order valence-corrected chi connectivity index (χ0v) is 11.6. The minimum Gasteiger partial charge on any atom is -0.482 e. The maximum Gasteiger partial charge on any atom is 0.330 e. The van der Waals surface area contributed by atoms with E-state index in [0.29, 0.717) is 0 Å². The van der Waals surface area contributed by atoms with E-state index >= 15 is 0 Å². The number of benzene rings is 2. The van der Waals surface area contributed by atoms with Gasteiger partial charge in [0, 0.05) is 0 Å². The fourth-order valence-electron chi connectivity index (χ4n) is 1.76. The Morgan fingerprint density at radius 1 is 1.10 bits per heavy atom. The fourth-order valence-corrected chi connectivity index (χ4v) is 2.48. The van der Waals surface area contributed by atoms with Crippen LogP contribution in [0.5, 0.6) is 5.75 Å². The summed E-state index contributed by atoms with van der Waals surface area (Å²) in [6, 6.07) is 12.7. The van der Waals surface area contributed by atoms with Gasteiger partial charge in [-0.25, -0.2) is 13.6 Å². The highest BCUT2D eigenvalue weighted by Gasteiger charge is 2.27. The lowest BCUT2D eigenvalue weighted by Gasteiger charge is -2.08. The summed E-state index contributed by atoms with van der Waals surface area (Å²) in [5.41, 5.74) is 0.142. The Hall–Kier alpha value is -2.45. The van der Waals surface area contributed by atoms with E-state index in [1.165, 1.54) is 12.1 Å². The highest BCUT2D eigenvalue weighted by atomic mass is 32.2. The molecule has 0 amide bonds. The molecule has 110 valence electrons. The van der Waals surface area contributed by atoms with Gasteiger partial charge in [0.05, 0.1) is 4.92 Å². The molecule has 0 heterocycles. The zero-order valence-electron chi connectivity index (χ0n) is 10.8. The Balaban J connectivity index is 2.38. The van der Waals surface area contributed by atoms with Gasteiger partial charge >= 0.3 is 5.69 Å². The molecule has 0 radical (unpaired) electrons. The van der Waals surface area contributed by atoms with E-state index in [-0.39, 0.29) is 12.4 Å². The van der Waals surface area contributed by atoms with Crippen molar-refractivity contribution in [3.63, 3.8) is 0 Å². The van der Waals surface area contributed by atoms with Crippen LogP contribution in [-0.2, 0) is 16.6 Å². The maximum atomic E-state index is 11.4. The van der Waals surface area contributed by atoms with Crippen LogP contribution >= 0.6 is 0 Å². The van der Waals surface area contributed by atoms with Crippen molar-refractivity contribution < 1.29 is 18.1 Å². The van der Waals surface area contributed by atoms with Crippen molar-refractivity contribution in [1.29, 1.82) is 0 Å². The molecule has 0 fully saturated rings. The Bertz CT molecular complexity index is 759. The predicted molar refractivity (Wildman–Crippen MR) is 75.2 cm³/mol. The molecule has 2 rings (SSSR count). The molecule has 0 bridgehead atoms. The van der Waals surface area contributed by atoms with Crippen LogP contribution in [-0.4, -0.2) is 13.3 Å². The highest BCUT2D eigenvalue weighted by molar-refractivity contribution is 7.89. The lowest BCUT2D eigenvalue weighted by Crippen LogP contribution is -2.14. The second-order valence-corrected chi connectivity index (χ2v) is 5.71. The summed E-state index contributed by atoms with van der Waals surface area (Å²) < 4.78 is 28.2. The summed E-state index contributed by atoms with van der Waals surface area (Å²) in [7, 11) is -4.21. The zero-order chi connectivity index (χ0) is 15.5. The van der Waals surface area contributed by atoms with Crippen molar-refractivity contribution in [2.24, 2.45) is 5.14 Å². The quantitative estimate of drug-likeness (QED) is 0.668. The van der Waals surface area contributed by atoms with E-state index in [1.54, 1.807) is 24.3 Å². The van der Waals surface area contributed by atoms with Crippen LogP contribution in [0.25, 0.3) is 0 Å². The smallest absolute Gasteiger partial charge is 0.330 e. The van der Waals surface area contributed by atoms with Gasteiger partial charge in [0.25, 0.3) is 0 Å². The lowest BCUT2D eigenvalue weighted by molar-refractivity contribution is -0.388. The van der Waals surface area contributed by atoms with Crippen LogP contribution in [0, 0.1) is 10.1 Å². The largest absolute Gasteiger partial charge is 0.482 e. The van der Waals surface area contributed by atoms with Gasteiger partial charge < -0.3 is 4.74 Å². The summed E-state index contributed by atoms with van der Waals surface area (Å²) in [6.07, 6.45) is 0. The first kappa shape index (κ1) is 14.9. The Morgan fingerprint density at radius 2 is 1.76 bits per heavy atom. The van der Waals surface area contributed by atoms with Crippen molar-refractivity contribution in [3.8, 4) is 5.75 Å². The number of ether oxygens (including phenoxy) is 1. The van der Waals surface area contributed by atoms with Crippen molar-refractivity contribution in [2.45, 2.75) is 11.5 Å². The topological polar surface area (TPSA) is 113 Å². The van der Waals surface area contributed by atoms with Gasteiger partial charge in [-0.3, -0.25) is 10.1 Å². The molecule has 7 nitrogen and oxygen atoms in total. The number of nitro benzene ring substituents is 1. The Morgan fingerprint density at radius 3 is 2.33 bits per heavy atom. The van der Waals surface area contributed by atoms with Crippen LogP contribution in [0.2, 0.25) is 0 Å². The molecule has 2 aromatic carbocycles. The fraction of sp³-hybridized carbons (Fsp3) is 0.0769. The molecule has 0 spiro atoms. The van der Waals surface area contributed by atoms with Gasteiger partial charge in [0.2, 0.25) is 10.0 Å². The Labute approximate surface area is 121 Å². The van der Waals surface area contributed by atoms with E-state index in [9.17, 15) is 18.5 Å². The molecule has 0 unspecified atom stereocenters. The van der Waals surface area contributed by atoms with Gasteiger partial charge in [-0.2, -0.15) is 0 Å². The lowest BCUT2D eigenvalue weighted by atomic mass is 10.2. The first-order chi connectivity index (χ1) is 9.89. The third-order valence-electron chi connectivity index (χ3n) is 2.69. The number of primary sulfonamides is 1. The molecule has 21 heavy (non-hydrogen) atoms. The molecular weight excluding hydrogens is 296 g/mol. The molecule has 2 N–H and O–H groups in total. The van der Waals surface area contributed by atoms with Crippen LogP contribution in [0.3, 0.4) is 0 Å². The van der Waals surface area contributed by atoms with Crippen molar-refractivity contribution in [3.05, 3.63) is 64.2 Å². The maximum absolute atomic E-state index is 11.4. The molecule has 0 aliphatic heterocycles. The monoisotopic (exact) mass is 308 g/mol. The van der Waals surface area contributed by atoms with Crippen LogP contribution in [0.15, 0.2) is 53.4 Å². The predicted octanol–water partition coefficient (Wildman–Crippen LogP) is 1.82. The number of rotatable bonds is 5. The number of para-hydroxylation sites is 1. The van der Waals surface area contributed by atoms with Crippen LogP contribution in [0.1, 0.15) is 5.56 Å². The minimum atomic E-state index is -4.21.